The number of methoxy groups -OCH3 is 1. The van der Waals surface area contributed by atoms with Crippen LogP contribution in [0.25, 0.3) is 11.4 Å². The molecular formula is C23H24F2N4O4. The largest absolute Gasteiger partial charge is 0.497 e. The summed E-state index contributed by atoms with van der Waals surface area (Å²) in [6.07, 6.45) is 1.22. The zero-order valence-corrected chi connectivity index (χ0v) is 18.0. The van der Waals surface area contributed by atoms with Crippen LogP contribution in [0.4, 0.5) is 14.8 Å². The lowest BCUT2D eigenvalue weighted by Crippen LogP contribution is -2.40. The standard InChI is InChI=1S/C23H24F2N4O4/c1-31-18-8-6-15(7-9-18)20-27-23(33-28-20)29-12-10-16(11-13-29)21(30)26-14-17-4-2-3-5-19(17)32-22(24)25/h2-9,16,22H,10-14H2,1H3,(H,26,30). The highest BCUT2D eigenvalue weighted by Gasteiger charge is 2.27. The number of nitrogens with zero attached hydrogens (tertiary/aromatic N) is 3. The highest BCUT2D eigenvalue weighted by Crippen LogP contribution is 2.26. The summed E-state index contributed by atoms with van der Waals surface area (Å²) in [7, 11) is 1.60. The zero-order valence-electron chi connectivity index (χ0n) is 18.0. The maximum atomic E-state index is 12.6. The lowest BCUT2D eigenvalue weighted by atomic mass is 9.96. The molecule has 0 saturated carbocycles. The molecule has 4 rings (SSSR count). The fraction of sp³-hybridized carbons (Fsp3) is 0.348. The molecule has 2 aromatic carbocycles. The number of alkyl halides is 2. The molecule has 33 heavy (non-hydrogen) atoms. The van der Waals surface area contributed by atoms with Crippen LogP contribution in [0.3, 0.4) is 0 Å². The van der Waals surface area contributed by atoms with E-state index >= 15 is 0 Å². The van der Waals surface area contributed by atoms with Crippen molar-refractivity contribution in [3.8, 4) is 22.9 Å². The number of carbonyl (C=O) groups is 1. The second-order valence-corrected chi connectivity index (χ2v) is 7.59. The summed E-state index contributed by atoms with van der Waals surface area (Å²) in [5, 5.41) is 6.88. The van der Waals surface area contributed by atoms with Crippen LogP contribution in [-0.4, -0.2) is 42.9 Å². The number of hydrogen-bond donors (Lipinski definition) is 1. The fourth-order valence-electron chi connectivity index (χ4n) is 3.72. The average Bonchev–Trinajstić information content (AvgIpc) is 3.33. The number of rotatable bonds is 8. The van der Waals surface area contributed by atoms with E-state index in [1.807, 2.05) is 29.2 Å². The molecule has 1 aliphatic heterocycles. The minimum Gasteiger partial charge on any atom is -0.497 e. The summed E-state index contributed by atoms with van der Waals surface area (Å²) in [5.74, 6) is 0.982. The van der Waals surface area contributed by atoms with E-state index in [0.29, 0.717) is 43.3 Å². The van der Waals surface area contributed by atoms with Gasteiger partial charge in [-0.25, -0.2) is 0 Å². The SMILES string of the molecule is COc1ccc(-c2noc(N3CCC(C(=O)NCc4ccccc4OC(F)F)CC3)n2)cc1. The van der Waals surface area contributed by atoms with Gasteiger partial charge >= 0.3 is 12.6 Å². The van der Waals surface area contributed by atoms with E-state index in [1.165, 1.54) is 6.07 Å². The topological polar surface area (TPSA) is 89.7 Å². The van der Waals surface area contributed by atoms with Gasteiger partial charge in [0, 0.05) is 36.7 Å². The third-order valence-electron chi connectivity index (χ3n) is 5.54. The highest BCUT2D eigenvalue weighted by atomic mass is 19.3. The molecule has 0 radical (unpaired) electrons. The van der Waals surface area contributed by atoms with Crippen LogP contribution in [0.2, 0.25) is 0 Å². The van der Waals surface area contributed by atoms with Gasteiger partial charge in [-0.2, -0.15) is 13.8 Å². The number of anilines is 1. The van der Waals surface area contributed by atoms with E-state index in [0.717, 1.165) is 11.3 Å². The zero-order chi connectivity index (χ0) is 23.2. The fourth-order valence-corrected chi connectivity index (χ4v) is 3.72. The molecular weight excluding hydrogens is 434 g/mol. The van der Waals surface area contributed by atoms with Crippen LogP contribution >= 0.6 is 0 Å². The molecule has 0 bridgehead atoms. The second-order valence-electron chi connectivity index (χ2n) is 7.59. The third-order valence-corrected chi connectivity index (χ3v) is 5.54. The number of amides is 1. The van der Waals surface area contributed by atoms with E-state index in [2.05, 4.69) is 20.2 Å². The Hall–Kier alpha value is -3.69. The van der Waals surface area contributed by atoms with Crippen molar-refractivity contribution in [3.63, 3.8) is 0 Å². The number of piperidine rings is 1. The van der Waals surface area contributed by atoms with E-state index in [-0.39, 0.29) is 24.1 Å². The van der Waals surface area contributed by atoms with Crippen molar-refractivity contribution < 1.29 is 27.6 Å². The Balaban J connectivity index is 1.29. The number of benzene rings is 2. The quantitative estimate of drug-likeness (QED) is 0.548. The number of aromatic nitrogens is 2. The first-order valence-electron chi connectivity index (χ1n) is 10.6. The predicted molar refractivity (Wildman–Crippen MR) is 116 cm³/mol. The van der Waals surface area contributed by atoms with Gasteiger partial charge in [-0.1, -0.05) is 23.4 Å². The minimum absolute atomic E-state index is 0.0617. The molecule has 8 nitrogen and oxygen atoms in total. The van der Waals surface area contributed by atoms with Crippen LogP contribution in [0.15, 0.2) is 53.1 Å². The van der Waals surface area contributed by atoms with Gasteiger partial charge < -0.3 is 24.2 Å². The summed E-state index contributed by atoms with van der Waals surface area (Å²) < 4.78 is 40.2. The molecule has 0 spiro atoms. The molecule has 1 N–H and O–H groups in total. The van der Waals surface area contributed by atoms with Gasteiger partial charge in [0.2, 0.25) is 11.7 Å². The molecule has 0 atom stereocenters. The molecule has 0 unspecified atom stereocenters. The molecule has 1 amide bonds. The first-order valence-corrected chi connectivity index (χ1v) is 10.6. The van der Waals surface area contributed by atoms with Crippen molar-refractivity contribution in [1.82, 2.24) is 15.5 Å². The number of halogens is 2. The summed E-state index contributed by atoms with van der Waals surface area (Å²) in [6, 6.07) is 14.2. The second kappa shape index (κ2) is 10.3. The number of para-hydroxylation sites is 1. The molecule has 2 heterocycles. The Morgan fingerprint density at radius 3 is 2.61 bits per heavy atom. The van der Waals surface area contributed by atoms with Gasteiger partial charge in [-0.15, -0.1) is 0 Å². The molecule has 3 aromatic rings. The Labute approximate surface area is 189 Å². The van der Waals surface area contributed by atoms with Crippen molar-refractivity contribution >= 4 is 11.9 Å². The monoisotopic (exact) mass is 458 g/mol. The smallest absolute Gasteiger partial charge is 0.387 e. The molecule has 1 saturated heterocycles. The Morgan fingerprint density at radius 2 is 1.91 bits per heavy atom. The summed E-state index contributed by atoms with van der Waals surface area (Å²) in [5.41, 5.74) is 1.32. The maximum Gasteiger partial charge on any atom is 0.387 e. The third kappa shape index (κ3) is 5.57. The normalized spacial score (nSPS) is 14.4. The maximum absolute atomic E-state index is 12.6. The van der Waals surface area contributed by atoms with Crippen molar-refractivity contribution in [1.29, 1.82) is 0 Å². The number of ether oxygens (including phenoxy) is 2. The number of nitrogens with one attached hydrogen (secondary N) is 1. The Kier molecular flexibility index (Phi) is 7.01. The van der Waals surface area contributed by atoms with E-state index in [4.69, 9.17) is 9.26 Å². The van der Waals surface area contributed by atoms with Crippen molar-refractivity contribution in [2.45, 2.75) is 26.0 Å². The van der Waals surface area contributed by atoms with Gasteiger partial charge in [-0.05, 0) is 43.2 Å². The van der Waals surface area contributed by atoms with Crippen LogP contribution in [0, 0.1) is 5.92 Å². The van der Waals surface area contributed by atoms with Gasteiger partial charge in [0.1, 0.15) is 11.5 Å². The molecule has 10 heteroatoms. The van der Waals surface area contributed by atoms with Crippen molar-refractivity contribution in [2.75, 3.05) is 25.1 Å². The summed E-state index contributed by atoms with van der Waals surface area (Å²) in [6.45, 7) is -1.61. The van der Waals surface area contributed by atoms with Gasteiger partial charge in [-0.3, -0.25) is 4.79 Å². The lowest BCUT2D eigenvalue weighted by molar-refractivity contribution is -0.125. The number of hydrogen-bond acceptors (Lipinski definition) is 7. The lowest BCUT2D eigenvalue weighted by Gasteiger charge is -2.29. The first-order chi connectivity index (χ1) is 16.0. The van der Waals surface area contributed by atoms with Gasteiger partial charge in [0.25, 0.3) is 0 Å². The molecule has 1 aromatic heterocycles. The van der Waals surface area contributed by atoms with Crippen molar-refractivity contribution in [3.05, 3.63) is 54.1 Å². The summed E-state index contributed by atoms with van der Waals surface area (Å²) >= 11 is 0. The van der Waals surface area contributed by atoms with Crippen molar-refractivity contribution in [2.24, 2.45) is 5.92 Å². The van der Waals surface area contributed by atoms with Gasteiger partial charge in [0.05, 0.1) is 7.11 Å². The van der Waals surface area contributed by atoms with E-state index < -0.39 is 6.61 Å². The van der Waals surface area contributed by atoms with Gasteiger partial charge in [0.15, 0.2) is 0 Å². The minimum atomic E-state index is -2.92. The number of carbonyl (C=O) groups excluding carboxylic acids is 1. The van der Waals surface area contributed by atoms with Crippen LogP contribution in [0.1, 0.15) is 18.4 Å². The highest BCUT2D eigenvalue weighted by molar-refractivity contribution is 5.79. The van der Waals surface area contributed by atoms with Crippen LogP contribution in [-0.2, 0) is 11.3 Å². The molecule has 174 valence electrons. The average molecular weight is 458 g/mol. The Morgan fingerprint density at radius 1 is 1.18 bits per heavy atom. The predicted octanol–water partition coefficient (Wildman–Crippen LogP) is 3.88. The van der Waals surface area contributed by atoms with Crippen LogP contribution < -0.4 is 19.7 Å². The summed E-state index contributed by atoms with van der Waals surface area (Å²) in [4.78, 5) is 19.0. The van der Waals surface area contributed by atoms with E-state index in [1.54, 1.807) is 25.3 Å². The molecule has 0 aliphatic carbocycles. The van der Waals surface area contributed by atoms with Crippen LogP contribution in [0.5, 0.6) is 11.5 Å². The first kappa shape index (κ1) is 22.5. The van der Waals surface area contributed by atoms with E-state index in [9.17, 15) is 13.6 Å². The Bertz CT molecular complexity index is 1070. The molecule has 1 fully saturated rings. The molecule has 1 aliphatic rings.